The van der Waals surface area contributed by atoms with Crippen molar-refractivity contribution in [1.82, 2.24) is 0 Å². The Hall–Kier alpha value is -2.07. The molecule has 6 rings (SSSR count). The minimum atomic E-state index is -0.514. The second-order valence-corrected chi connectivity index (χ2v) is 14.0. The fraction of sp³-hybridized carbons (Fsp3) is 0.214. The molecule has 0 saturated carbocycles. The number of rotatable bonds is 3. The van der Waals surface area contributed by atoms with Crippen LogP contribution in [-0.4, -0.2) is 14.0 Å². The first kappa shape index (κ1) is 19.6. The van der Waals surface area contributed by atoms with Gasteiger partial charge in [-0.2, -0.15) is 0 Å². The van der Waals surface area contributed by atoms with E-state index in [1.54, 1.807) is 20.9 Å². The van der Waals surface area contributed by atoms with Crippen molar-refractivity contribution < 1.29 is 0 Å². The normalized spacial score (nSPS) is 21.6. The van der Waals surface area contributed by atoms with E-state index in [1.807, 2.05) is 11.3 Å². The van der Waals surface area contributed by atoms with Gasteiger partial charge in [0.15, 0.2) is 0 Å². The summed E-state index contributed by atoms with van der Waals surface area (Å²) in [5.41, 5.74) is 8.83. The molecule has 0 nitrogen and oxygen atoms in total. The molecule has 0 saturated heterocycles. The molecule has 2 heterocycles. The summed E-state index contributed by atoms with van der Waals surface area (Å²) >= 11 is 4.13. The Kier molecular flexibility index (Phi) is 4.57. The molecule has 1 aromatic heterocycles. The Morgan fingerprint density at radius 1 is 0.871 bits per heavy atom. The molecule has 1 radical (unpaired) electrons. The van der Waals surface area contributed by atoms with E-state index in [0.717, 1.165) is 0 Å². The summed E-state index contributed by atoms with van der Waals surface area (Å²) in [5.74, 6) is 0.322. The lowest BCUT2D eigenvalue weighted by Gasteiger charge is -2.22. The fourth-order valence-corrected chi connectivity index (χ4v) is 10.8. The molecule has 31 heavy (non-hydrogen) atoms. The molecule has 2 aliphatic carbocycles. The van der Waals surface area contributed by atoms with Gasteiger partial charge in [0.2, 0.25) is 0 Å². The van der Waals surface area contributed by atoms with Crippen LogP contribution in [0.2, 0.25) is 13.1 Å². The highest BCUT2D eigenvalue weighted by atomic mass is 32.2. The van der Waals surface area contributed by atoms with E-state index in [1.165, 1.54) is 37.3 Å². The number of hydrogen-bond donors (Lipinski definition) is 0. The first-order chi connectivity index (χ1) is 15.0. The Balaban J connectivity index is 1.62. The van der Waals surface area contributed by atoms with Crippen molar-refractivity contribution in [3.8, 4) is 0 Å². The first-order valence-electron chi connectivity index (χ1n) is 10.9. The maximum atomic E-state index is 2.47. The second-order valence-electron chi connectivity index (χ2n) is 8.92. The Bertz CT molecular complexity index is 1400. The average Bonchev–Trinajstić information content (AvgIpc) is 3.46. The maximum Gasteiger partial charge on any atom is 0.0775 e. The lowest BCUT2D eigenvalue weighted by atomic mass is 9.81. The number of aryl methyl sites for hydroxylation is 1. The van der Waals surface area contributed by atoms with E-state index in [-0.39, 0.29) is 0 Å². The Morgan fingerprint density at radius 3 is 2.39 bits per heavy atom. The van der Waals surface area contributed by atoms with E-state index in [4.69, 9.17) is 0 Å². The zero-order valence-corrected chi connectivity index (χ0v) is 21.0. The molecule has 0 bridgehead atoms. The Morgan fingerprint density at radius 2 is 1.61 bits per heavy atom. The molecule has 3 heteroatoms. The van der Waals surface area contributed by atoms with Gasteiger partial charge >= 0.3 is 0 Å². The van der Waals surface area contributed by atoms with E-state index < -0.39 is 8.80 Å². The van der Waals surface area contributed by atoms with Crippen LogP contribution < -0.4 is 9.75 Å². The molecule has 3 aliphatic rings. The third-order valence-electron chi connectivity index (χ3n) is 6.74. The summed E-state index contributed by atoms with van der Waals surface area (Å²) in [7, 11) is -0.514. The molecule has 0 spiro atoms. The second kappa shape index (κ2) is 7.23. The van der Waals surface area contributed by atoms with Gasteiger partial charge in [-0.15, -0.1) is 23.1 Å². The third kappa shape index (κ3) is 2.87. The van der Waals surface area contributed by atoms with Crippen LogP contribution in [0.1, 0.15) is 34.4 Å². The van der Waals surface area contributed by atoms with Crippen LogP contribution in [-0.2, 0) is 0 Å². The molecular weight excluding hydrogens is 429 g/mol. The van der Waals surface area contributed by atoms with Gasteiger partial charge in [-0.1, -0.05) is 67.7 Å². The molecule has 1 aliphatic heterocycles. The third-order valence-corrected chi connectivity index (χ3v) is 11.1. The predicted molar refractivity (Wildman–Crippen MR) is 140 cm³/mol. The van der Waals surface area contributed by atoms with Crippen LogP contribution in [0.15, 0.2) is 71.1 Å². The van der Waals surface area contributed by atoms with E-state index in [0.29, 0.717) is 11.2 Å². The molecule has 153 valence electrons. The van der Waals surface area contributed by atoms with Gasteiger partial charge in [0.25, 0.3) is 0 Å². The molecule has 0 N–H and O–H groups in total. The molecule has 2 unspecified atom stereocenters. The maximum absolute atomic E-state index is 2.47. The molecule has 0 fully saturated rings. The van der Waals surface area contributed by atoms with Gasteiger partial charge in [-0.25, -0.2) is 0 Å². The number of hydrogen-bond acceptors (Lipinski definition) is 2. The fourth-order valence-electron chi connectivity index (χ4n) is 5.52. The summed E-state index contributed by atoms with van der Waals surface area (Å²) in [6.45, 7) is 9.57. The zero-order valence-electron chi connectivity index (χ0n) is 18.3. The SMILES string of the molecule is CC1=C(C2C(c3ccccc3)=Cc3ccccc32)C2=c3cc(C)sc3=C([Si](C)C)C2S1. The van der Waals surface area contributed by atoms with Gasteiger partial charge in [0, 0.05) is 15.3 Å². The summed E-state index contributed by atoms with van der Waals surface area (Å²) < 4.78 is 1.59. The van der Waals surface area contributed by atoms with Crippen LogP contribution in [0, 0.1) is 6.92 Å². The van der Waals surface area contributed by atoms with Gasteiger partial charge in [0.05, 0.1) is 14.0 Å². The van der Waals surface area contributed by atoms with Crippen molar-refractivity contribution in [2.24, 2.45) is 0 Å². The number of thiophene rings is 1. The van der Waals surface area contributed by atoms with Crippen molar-refractivity contribution in [2.45, 2.75) is 38.1 Å². The van der Waals surface area contributed by atoms with Gasteiger partial charge in [-0.05, 0) is 74.7 Å². The minimum Gasteiger partial charge on any atom is -0.141 e. The lowest BCUT2D eigenvalue weighted by molar-refractivity contribution is 1.06. The monoisotopic (exact) mass is 453 g/mol. The summed E-state index contributed by atoms with van der Waals surface area (Å²) in [4.78, 5) is 2.95. The topological polar surface area (TPSA) is 0 Å². The Labute approximate surface area is 194 Å². The number of allylic oxidation sites excluding steroid dienone is 3. The van der Waals surface area contributed by atoms with Crippen molar-refractivity contribution in [2.75, 3.05) is 0 Å². The average molecular weight is 454 g/mol. The highest BCUT2D eigenvalue weighted by Crippen LogP contribution is 2.57. The van der Waals surface area contributed by atoms with Crippen molar-refractivity contribution in [1.29, 1.82) is 0 Å². The van der Waals surface area contributed by atoms with Crippen molar-refractivity contribution >= 4 is 54.3 Å². The summed E-state index contributed by atoms with van der Waals surface area (Å²) in [6.07, 6.45) is 2.43. The largest absolute Gasteiger partial charge is 0.141 e. The van der Waals surface area contributed by atoms with Crippen LogP contribution in [0.5, 0.6) is 0 Å². The molecule has 0 amide bonds. The zero-order chi connectivity index (χ0) is 21.3. The highest BCUT2D eigenvalue weighted by Gasteiger charge is 2.42. The minimum absolute atomic E-state index is 0.322. The molecule has 2 aromatic carbocycles. The van der Waals surface area contributed by atoms with Crippen molar-refractivity contribution in [3.05, 3.63) is 102 Å². The van der Waals surface area contributed by atoms with Gasteiger partial charge in [-0.3, -0.25) is 0 Å². The highest BCUT2D eigenvalue weighted by molar-refractivity contribution is 8.05. The van der Waals surface area contributed by atoms with Crippen LogP contribution in [0.4, 0.5) is 0 Å². The smallest absolute Gasteiger partial charge is 0.0775 e. The summed E-state index contributed by atoms with van der Waals surface area (Å²) in [6, 6.07) is 22.5. The summed E-state index contributed by atoms with van der Waals surface area (Å²) in [5, 5.41) is 3.80. The van der Waals surface area contributed by atoms with E-state index >= 15 is 0 Å². The first-order valence-corrected chi connectivity index (χ1v) is 15.1. The van der Waals surface area contributed by atoms with Crippen LogP contribution >= 0.6 is 23.1 Å². The lowest BCUT2D eigenvalue weighted by Crippen LogP contribution is -2.22. The van der Waals surface area contributed by atoms with Gasteiger partial charge < -0.3 is 0 Å². The van der Waals surface area contributed by atoms with Crippen molar-refractivity contribution in [3.63, 3.8) is 0 Å². The standard InChI is InChI=1S/C28H25S2Si/c1-16-14-22-25-23(17(2)30-27(25)28(31(3)4)26(22)29-16)24-20-13-9-8-12-19(20)15-21(24)18-10-6-5-7-11-18/h5-15,24,27H,1-4H3. The van der Waals surface area contributed by atoms with Gasteiger partial charge in [0.1, 0.15) is 0 Å². The molecule has 3 aromatic rings. The van der Waals surface area contributed by atoms with E-state index in [9.17, 15) is 0 Å². The van der Waals surface area contributed by atoms with Crippen LogP contribution in [0.25, 0.3) is 22.4 Å². The predicted octanol–water partition coefficient (Wildman–Crippen LogP) is 6.39. The van der Waals surface area contributed by atoms with E-state index in [2.05, 4.69) is 105 Å². The van der Waals surface area contributed by atoms with Crippen LogP contribution in [0.3, 0.4) is 0 Å². The molecule has 2 atom stereocenters. The number of thioether (sulfide) groups is 1. The molecular formula is C28H25S2Si. The number of benzene rings is 2. The number of fused-ring (bicyclic) bond motifs is 3. The quantitative estimate of drug-likeness (QED) is 0.414.